The Morgan fingerprint density at radius 1 is 1.25 bits per heavy atom. The number of hydrogen-bond donors (Lipinski definition) is 2. The summed E-state index contributed by atoms with van der Waals surface area (Å²) >= 11 is 1.32. The zero-order chi connectivity index (χ0) is 11.6. The second-order valence-electron chi connectivity index (χ2n) is 3.05. The van der Waals surface area contributed by atoms with E-state index in [4.69, 9.17) is 5.73 Å². The average Bonchev–Trinajstić information content (AvgIpc) is 2.70. The molecule has 2 rings (SSSR count). The molecular weight excluding hydrogens is 246 g/mol. The fourth-order valence-electron chi connectivity index (χ4n) is 1.11. The topological polar surface area (TPSA) is 85.1 Å². The van der Waals surface area contributed by atoms with Crippen LogP contribution in [0.5, 0.6) is 0 Å². The number of hydrogen-bond acceptors (Lipinski definition) is 5. The van der Waals surface area contributed by atoms with Crippen molar-refractivity contribution in [1.29, 1.82) is 0 Å². The molecule has 0 aliphatic carbocycles. The summed E-state index contributed by atoms with van der Waals surface area (Å²) in [6, 6.07) is 5.97. The van der Waals surface area contributed by atoms with Gasteiger partial charge >= 0.3 is 0 Å². The van der Waals surface area contributed by atoms with Crippen molar-refractivity contribution >= 4 is 32.9 Å². The molecule has 0 radical (unpaired) electrons. The number of nitrogens with one attached hydrogen (secondary N) is 1. The van der Waals surface area contributed by atoms with Crippen molar-refractivity contribution in [2.45, 2.75) is 4.90 Å². The second-order valence-corrected chi connectivity index (χ2v) is 5.45. The molecule has 1 aromatic carbocycles. The number of aromatic nitrogens is 1. The maximum atomic E-state index is 11.8. The highest BCUT2D eigenvalue weighted by Gasteiger charge is 2.14. The number of nitrogens with two attached hydrogens (primary N) is 1. The first kappa shape index (κ1) is 10.9. The normalized spacial score (nSPS) is 11.2. The van der Waals surface area contributed by atoms with Gasteiger partial charge in [0.05, 0.1) is 10.4 Å². The summed E-state index contributed by atoms with van der Waals surface area (Å²) in [6.45, 7) is 0. The molecule has 0 spiro atoms. The Hall–Kier alpha value is -1.60. The van der Waals surface area contributed by atoms with Crippen LogP contribution < -0.4 is 10.5 Å². The van der Waals surface area contributed by atoms with Gasteiger partial charge in [-0.15, -0.1) is 11.3 Å². The van der Waals surface area contributed by atoms with E-state index in [0.717, 1.165) is 0 Å². The van der Waals surface area contributed by atoms with E-state index in [-0.39, 0.29) is 4.90 Å². The Morgan fingerprint density at radius 3 is 2.50 bits per heavy atom. The molecule has 0 aliphatic heterocycles. The van der Waals surface area contributed by atoms with Crippen LogP contribution in [0.2, 0.25) is 0 Å². The van der Waals surface area contributed by atoms with Crippen molar-refractivity contribution in [2.24, 2.45) is 0 Å². The molecule has 1 heterocycles. The van der Waals surface area contributed by atoms with Gasteiger partial charge in [0.2, 0.25) is 0 Å². The molecule has 2 aromatic rings. The average molecular weight is 255 g/mol. The summed E-state index contributed by atoms with van der Waals surface area (Å²) < 4.78 is 26.0. The molecule has 0 saturated carbocycles. The van der Waals surface area contributed by atoms with Crippen molar-refractivity contribution in [3.8, 4) is 0 Å². The lowest BCUT2D eigenvalue weighted by molar-refractivity contribution is 0.601. The van der Waals surface area contributed by atoms with Gasteiger partial charge in [-0.2, -0.15) is 0 Å². The number of thiazole rings is 1. The monoisotopic (exact) mass is 255 g/mol. The Morgan fingerprint density at radius 2 is 1.94 bits per heavy atom. The minimum Gasteiger partial charge on any atom is -0.399 e. The van der Waals surface area contributed by atoms with Crippen molar-refractivity contribution in [3.05, 3.63) is 35.2 Å². The van der Waals surface area contributed by atoms with Crippen molar-refractivity contribution in [3.63, 3.8) is 0 Å². The lowest BCUT2D eigenvalue weighted by Crippen LogP contribution is -2.13. The number of anilines is 2. The number of nitrogens with zero attached hydrogens (tertiary/aromatic N) is 1. The zero-order valence-corrected chi connectivity index (χ0v) is 9.75. The smallest absolute Gasteiger partial charge is 0.263 e. The maximum Gasteiger partial charge on any atom is 0.263 e. The van der Waals surface area contributed by atoms with Crippen LogP contribution in [0.3, 0.4) is 0 Å². The third-order valence-corrected chi connectivity index (χ3v) is 3.82. The van der Waals surface area contributed by atoms with Crippen LogP contribution >= 0.6 is 11.3 Å². The van der Waals surface area contributed by atoms with Gasteiger partial charge in [0.15, 0.2) is 5.82 Å². The van der Waals surface area contributed by atoms with Crippen LogP contribution in [0.25, 0.3) is 0 Å². The van der Waals surface area contributed by atoms with Gasteiger partial charge in [-0.1, -0.05) is 0 Å². The van der Waals surface area contributed by atoms with Gasteiger partial charge in [-0.3, -0.25) is 4.72 Å². The minimum atomic E-state index is -3.56. The van der Waals surface area contributed by atoms with Gasteiger partial charge in [0.25, 0.3) is 10.0 Å². The molecule has 0 atom stereocenters. The summed E-state index contributed by atoms with van der Waals surface area (Å²) in [6.07, 6.45) is 0. The third-order valence-electron chi connectivity index (χ3n) is 1.86. The van der Waals surface area contributed by atoms with E-state index in [1.165, 1.54) is 35.6 Å². The largest absolute Gasteiger partial charge is 0.399 e. The van der Waals surface area contributed by atoms with Crippen LogP contribution in [0.4, 0.5) is 11.5 Å². The Balaban J connectivity index is 2.29. The van der Waals surface area contributed by atoms with Crippen LogP contribution in [0.15, 0.2) is 40.1 Å². The zero-order valence-electron chi connectivity index (χ0n) is 8.12. The Labute approximate surface area is 97.0 Å². The van der Waals surface area contributed by atoms with E-state index >= 15 is 0 Å². The van der Waals surface area contributed by atoms with E-state index in [1.807, 2.05) is 0 Å². The second kappa shape index (κ2) is 4.11. The van der Waals surface area contributed by atoms with Gasteiger partial charge in [-0.05, 0) is 24.3 Å². The van der Waals surface area contributed by atoms with Crippen molar-refractivity contribution in [1.82, 2.24) is 4.98 Å². The highest BCUT2D eigenvalue weighted by Crippen LogP contribution is 2.16. The Kier molecular flexibility index (Phi) is 2.80. The van der Waals surface area contributed by atoms with E-state index in [9.17, 15) is 8.42 Å². The highest BCUT2D eigenvalue weighted by atomic mass is 32.2. The fraction of sp³-hybridized carbons (Fsp3) is 0. The summed E-state index contributed by atoms with van der Waals surface area (Å²) in [4.78, 5) is 4.01. The standard InChI is InChI=1S/C9H9N3O2S2/c10-7-1-3-8(4-2-7)16(13,14)12-9-5-15-6-11-9/h1-6,12H,10H2. The van der Waals surface area contributed by atoms with E-state index in [0.29, 0.717) is 11.5 Å². The summed E-state index contributed by atoms with van der Waals surface area (Å²) in [5, 5.41) is 1.62. The number of sulfonamides is 1. The molecular formula is C9H9N3O2S2. The van der Waals surface area contributed by atoms with E-state index in [2.05, 4.69) is 9.71 Å². The molecule has 1 aromatic heterocycles. The van der Waals surface area contributed by atoms with Crippen LogP contribution in [0, 0.1) is 0 Å². The van der Waals surface area contributed by atoms with Crippen LogP contribution in [-0.2, 0) is 10.0 Å². The van der Waals surface area contributed by atoms with Gasteiger partial charge in [0, 0.05) is 11.1 Å². The molecule has 5 nitrogen and oxygen atoms in total. The van der Waals surface area contributed by atoms with Crippen LogP contribution in [-0.4, -0.2) is 13.4 Å². The summed E-state index contributed by atoms with van der Waals surface area (Å²) in [5.41, 5.74) is 7.56. The maximum absolute atomic E-state index is 11.8. The summed E-state index contributed by atoms with van der Waals surface area (Å²) in [7, 11) is -3.56. The van der Waals surface area contributed by atoms with Crippen molar-refractivity contribution < 1.29 is 8.42 Å². The minimum absolute atomic E-state index is 0.162. The molecule has 0 aliphatic rings. The predicted octanol–water partition coefficient (Wildman–Crippen LogP) is 1.53. The number of benzene rings is 1. The Bertz CT molecular complexity index is 561. The molecule has 0 saturated heterocycles. The first-order valence-corrected chi connectivity index (χ1v) is 6.77. The molecule has 7 heteroatoms. The predicted molar refractivity (Wildman–Crippen MR) is 63.8 cm³/mol. The molecule has 84 valence electrons. The van der Waals surface area contributed by atoms with E-state index in [1.54, 1.807) is 10.9 Å². The molecule has 16 heavy (non-hydrogen) atoms. The molecule has 0 amide bonds. The van der Waals surface area contributed by atoms with Gasteiger partial charge in [-0.25, -0.2) is 13.4 Å². The number of rotatable bonds is 3. The van der Waals surface area contributed by atoms with Crippen LogP contribution in [0.1, 0.15) is 0 Å². The first-order valence-electron chi connectivity index (χ1n) is 4.34. The molecule has 3 N–H and O–H groups in total. The molecule has 0 bridgehead atoms. The van der Waals surface area contributed by atoms with E-state index < -0.39 is 10.0 Å². The lowest BCUT2D eigenvalue weighted by atomic mass is 10.3. The highest BCUT2D eigenvalue weighted by molar-refractivity contribution is 7.92. The fourth-order valence-corrected chi connectivity index (χ4v) is 2.66. The van der Waals surface area contributed by atoms with Gasteiger partial charge in [0.1, 0.15) is 0 Å². The summed E-state index contributed by atoms with van der Waals surface area (Å²) in [5.74, 6) is 0.321. The number of nitrogen functional groups attached to an aromatic ring is 1. The molecule has 0 unspecified atom stereocenters. The van der Waals surface area contributed by atoms with Gasteiger partial charge < -0.3 is 5.73 Å². The quantitative estimate of drug-likeness (QED) is 0.814. The third kappa shape index (κ3) is 2.31. The lowest BCUT2D eigenvalue weighted by Gasteiger charge is -2.05. The SMILES string of the molecule is Nc1ccc(S(=O)(=O)Nc2cscn2)cc1. The molecule has 0 fully saturated rings. The van der Waals surface area contributed by atoms with Crippen molar-refractivity contribution in [2.75, 3.05) is 10.5 Å². The first-order chi connectivity index (χ1) is 7.58.